The lowest BCUT2D eigenvalue weighted by Crippen LogP contribution is -2.24. The van der Waals surface area contributed by atoms with Crippen molar-refractivity contribution in [1.82, 2.24) is 25.1 Å². The van der Waals surface area contributed by atoms with Gasteiger partial charge >= 0.3 is 0 Å². The summed E-state index contributed by atoms with van der Waals surface area (Å²) in [5.74, 6) is -0.852. The van der Waals surface area contributed by atoms with E-state index in [0.29, 0.717) is 22.2 Å². The van der Waals surface area contributed by atoms with Crippen LogP contribution in [-0.4, -0.2) is 40.3 Å². The van der Waals surface area contributed by atoms with Crippen LogP contribution < -0.4 is 10.9 Å². The monoisotopic (exact) mass is 441 g/mol. The summed E-state index contributed by atoms with van der Waals surface area (Å²) >= 11 is 0. The first-order valence-electron chi connectivity index (χ1n) is 9.01. The maximum atomic E-state index is 13.2. The number of aromatic amines is 1. The van der Waals surface area contributed by atoms with Crippen LogP contribution in [-0.2, 0) is 16.4 Å². The Morgan fingerprint density at radius 3 is 2.61 bits per heavy atom. The minimum Gasteiger partial charge on any atom is -0.348 e. The zero-order valence-electron chi connectivity index (χ0n) is 16.2. The molecule has 3 aromatic heterocycles. The van der Waals surface area contributed by atoms with Crippen LogP contribution in [0, 0.1) is 5.82 Å². The molecule has 4 rings (SSSR count). The van der Waals surface area contributed by atoms with Crippen molar-refractivity contribution in [3.05, 3.63) is 82.3 Å². The summed E-state index contributed by atoms with van der Waals surface area (Å²) in [5.41, 5.74) is 1.15. The van der Waals surface area contributed by atoms with E-state index in [9.17, 15) is 22.4 Å². The number of nitrogens with zero attached hydrogens (tertiary/aromatic N) is 3. The van der Waals surface area contributed by atoms with Crippen LogP contribution in [0.2, 0.25) is 0 Å². The lowest BCUT2D eigenvalue weighted by molar-refractivity contribution is 0.0952. The van der Waals surface area contributed by atoms with Crippen molar-refractivity contribution in [1.29, 1.82) is 0 Å². The number of hydrogen-bond donors (Lipinski definition) is 2. The number of carbonyl (C=O) groups excluding carboxylic acids is 1. The molecular weight excluding hydrogens is 425 g/mol. The van der Waals surface area contributed by atoms with Gasteiger partial charge < -0.3 is 10.3 Å². The average molecular weight is 441 g/mol. The molecule has 0 aliphatic rings. The third-order valence-electron chi connectivity index (χ3n) is 4.54. The van der Waals surface area contributed by atoms with Gasteiger partial charge in [-0.3, -0.25) is 14.6 Å². The number of pyridine rings is 2. The van der Waals surface area contributed by atoms with Crippen molar-refractivity contribution in [2.24, 2.45) is 0 Å². The summed E-state index contributed by atoms with van der Waals surface area (Å²) in [6.45, 7) is -0.0617. The number of H-pyrrole nitrogens is 1. The number of nitrogens with one attached hydrogen (secondary N) is 2. The molecule has 11 heteroatoms. The summed E-state index contributed by atoms with van der Waals surface area (Å²) in [6.07, 6.45) is 5.40. The minimum atomic E-state index is -3.61. The highest BCUT2D eigenvalue weighted by Gasteiger charge is 2.16. The Bertz CT molecular complexity index is 1460. The molecule has 9 nitrogen and oxygen atoms in total. The Kier molecular flexibility index (Phi) is 5.11. The van der Waals surface area contributed by atoms with Gasteiger partial charge in [-0.05, 0) is 35.9 Å². The normalized spacial score (nSPS) is 11.5. The van der Waals surface area contributed by atoms with Gasteiger partial charge in [0.25, 0.3) is 5.91 Å². The molecule has 2 N–H and O–H groups in total. The second-order valence-electron chi connectivity index (χ2n) is 6.82. The van der Waals surface area contributed by atoms with Crippen molar-refractivity contribution in [2.75, 3.05) is 6.26 Å². The Labute approximate surface area is 175 Å². The van der Waals surface area contributed by atoms with Crippen LogP contribution in [0.25, 0.3) is 16.6 Å². The second-order valence-corrected chi connectivity index (χ2v) is 8.81. The predicted molar refractivity (Wildman–Crippen MR) is 110 cm³/mol. The largest absolute Gasteiger partial charge is 0.348 e. The fraction of sp³-hybridized carbons (Fsp3) is 0.100. The Balaban J connectivity index is 1.61. The van der Waals surface area contributed by atoms with Crippen molar-refractivity contribution >= 4 is 26.6 Å². The van der Waals surface area contributed by atoms with Crippen molar-refractivity contribution in [3.63, 3.8) is 0 Å². The molecule has 31 heavy (non-hydrogen) atoms. The molecule has 0 aliphatic heterocycles. The quantitative estimate of drug-likeness (QED) is 0.484. The van der Waals surface area contributed by atoms with E-state index in [0.717, 1.165) is 6.26 Å². The zero-order valence-corrected chi connectivity index (χ0v) is 17.0. The number of benzene rings is 1. The first-order valence-corrected chi connectivity index (χ1v) is 10.9. The fourth-order valence-electron chi connectivity index (χ4n) is 3.06. The Morgan fingerprint density at radius 1 is 1.16 bits per heavy atom. The van der Waals surface area contributed by atoms with Gasteiger partial charge in [0.2, 0.25) is 5.56 Å². The van der Waals surface area contributed by atoms with Crippen LogP contribution in [0.5, 0.6) is 0 Å². The number of sulfone groups is 1. The Hall–Kier alpha value is -3.86. The molecule has 0 fully saturated rings. The maximum absolute atomic E-state index is 13.2. The number of aromatic nitrogens is 4. The van der Waals surface area contributed by atoms with Gasteiger partial charge in [0.1, 0.15) is 10.8 Å². The fourth-order valence-corrected chi connectivity index (χ4v) is 3.71. The van der Waals surface area contributed by atoms with Gasteiger partial charge in [-0.1, -0.05) is 0 Å². The minimum absolute atomic E-state index is 0.0617. The second kappa shape index (κ2) is 7.76. The highest BCUT2D eigenvalue weighted by molar-refractivity contribution is 7.90. The van der Waals surface area contributed by atoms with E-state index in [-0.39, 0.29) is 23.0 Å². The number of rotatable bonds is 5. The number of amides is 1. The molecule has 0 saturated heterocycles. The predicted octanol–water partition coefficient (Wildman–Crippen LogP) is 1.58. The van der Waals surface area contributed by atoms with E-state index in [2.05, 4.69) is 20.4 Å². The number of fused-ring (bicyclic) bond motifs is 1. The number of hydrogen-bond acceptors (Lipinski definition) is 6. The highest BCUT2D eigenvalue weighted by Crippen LogP contribution is 2.21. The first kappa shape index (κ1) is 20.4. The van der Waals surface area contributed by atoms with E-state index >= 15 is 0 Å². The first-order chi connectivity index (χ1) is 14.7. The van der Waals surface area contributed by atoms with Gasteiger partial charge in [-0.2, -0.15) is 5.10 Å². The molecule has 0 radical (unpaired) electrons. The average Bonchev–Trinajstić information content (AvgIpc) is 3.16. The van der Waals surface area contributed by atoms with Crippen molar-refractivity contribution < 1.29 is 17.6 Å². The summed E-state index contributed by atoms with van der Waals surface area (Å²) < 4.78 is 38.1. The lowest BCUT2D eigenvalue weighted by Gasteiger charge is -2.08. The zero-order chi connectivity index (χ0) is 22.2. The van der Waals surface area contributed by atoms with Gasteiger partial charge in [0.05, 0.1) is 29.2 Å². The molecule has 0 unspecified atom stereocenters. The number of halogens is 1. The number of carbonyl (C=O) groups is 1. The molecule has 3 heterocycles. The highest BCUT2D eigenvalue weighted by atomic mass is 32.2. The molecule has 0 aliphatic carbocycles. The van der Waals surface area contributed by atoms with Crippen LogP contribution >= 0.6 is 0 Å². The van der Waals surface area contributed by atoms with E-state index < -0.39 is 21.3 Å². The third kappa shape index (κ3) is 4.21. The van der Waals surface area contributed by atoms with E-state index in [4.69, 9.17) is 0 Å². The molecule has 1 aromatic carbocycles. The lowest BCUT2D eigenvalue weighted by atomic mass is 10.1. The summed E-state index contributed by atoms with van der Waals surface area (Å²) in [6, 6.07) is 8.22. The maximum Gasteiger partial charge on any atom is 0.253 e. The van der Waals surface area contributed by atoms with Gasteiger partial charge in [-0.15, -0.1) is 0 Å². The molecule has 0 bridgehead atoms. The van der Waals surface area contributed by atoms with Crippen molar-refractivity contribution in [3.8, 4) is 5.69 Å². The molecule has 1 amide bonds. The SMILES string of the molecule is CS(=O)(=O)c1cc(CNC(=O)c2cncc3c2cnn3-c2ccc(F)cc2)cc(=O)[nH]1. The standard InChI is InChI=1S/C20H16FN5O4S/c1-31(29,30)19-7-12(6-18(27)25-19)8-23-20(28)16-9-22-11-17-15(16)10-24-26(17)14-4-2-13(21)3-5-14/h2-7,9-11H,8H2,1H3,(H,23,28)(H,25,27). The smallest absolute Gasteiger partial charge is 0.253 e. The molecular formula is C20H16FN5O4S. The Morgan fingerprint density at radius 2 is 1.90 bits per heavy atom. The van der Waals surface area contributed by atoms with Gasteiger partial charge in [-0.25, -0.2) is 17.5 Å². The summed E-state index contributed by atoms with van der Waals surface area (Å²) in [5, 5.41) is 7.22. The van der Waals surface area contributed by atoms with E-state index in [1.807, 2.05) is 0 Å². The topological polar surface area (TPSA) is 127 Å². The molecule has 0 spiro atoms. The van der Waals surface area contributed by atoms with Crippen LogP contribution in [0.4, 0.5) is 4.39 Å². The summed E-state index contributed by atoms with van der Waals surface area (Å²) in [7, 11) is -3.61. The van der Waals surface area contributed by atoms with Gasteiger partial charge in [0.15, 0.2) is 9.84 Å². The van der Waals surface area contributed by atoms with E-state index in [1.165, 1.54) is 47.5 Å². The third-order valence-corrected chi connectivity index (χ3v) is 5.56. The van der Waals surface area contributed by atoms with Crippen LogP contribution in [0.1, 0.15) is 15.9 Å². The van der Waals surface area contributed by atoms with Crippen molar-refractivity contribution in [2.45, 2.75) is 11.6 Å². The summed E-state index contributed by atoms with van der Waals surface area (Å²) in [4.78, 5) is 30.8. The van der Waals surface area contributed by atoms with Crippen LogP contribution in [0.15, 0.2) is 64.8 Å². The van der Waals surface area contributed by atoms with Crippen LogP contribution in [0.3, 0.4) is 0 Å². The molecule has 158 valence electrons. The van der Waals surface area contributed by atoms with E-state index in [1.54, 1.807) is 12.1 Å². The molecule has 4 aromatic rings. The molecule has 0 atom stereocenters. The van der Waals surface area contributed by atoms with Gasteiger partial charge in [0, 0.05) is 30.4 Å². The molecule has 0 saturated carbocycles.